The average molecular weight is 521 g/mol. The molecule has 1 aromatic carbocycles. The highest BCUT2D eigenvalue weighted by atomic mass is 32.2. The second-order valence-corrected chi connectivity index (χ2v) is 8.83. The average Bonchev–Trinajstić information content (AvgIpc) is 2.77. The van der Waals surface area contributed by atoms with E-state index in [1.165, 1.54) is 23.9 Å². The lowest BCUT2D eigenvalue weighted by molar-refractivity contribution is -0.145. The van der Waals surface area contributed by atoms with Crippen molar-refractivity contribution in [1.29, 1.82) is 5.41 Å². The molecule has 1 aromatic heterocycles. The first-order chi connectivity index (χ1) is 16.3. The van der Waals surface area contributed by atoms with Crippen LogP contribution in [0.4, 0.5) is 36.4 Å². The molecule has 3 rings (SSSR count). The molecule has 0 aliphatic heterocycles. The van der Waals surface area contributed by atoms with Crippen LogP contribution >= 0.6 is 11.8 Å². The van der Waals surface area contributed by atoms with Crippen molar-refractivity contribution < 1.29 is 35.5 Å². The number of nitrogens with zero attached hydrogens (tertiary/aromatic N) is 2. The van der Waals surface area contributed by atoms with Crippen molar-refractivity contribution in [1.82, 2.24) is 15.3 Å². The van der Waals surface area contributed by atoms with Gasteiger partial charge in [0.2, 0.25) is 11.7 Å². The first-order valence-electron chi connectivity index (χ1n) is 10.1. The standard InChI is InChI=1S/C21H18F7N5OS/c22-12-1-3-14(4-2-12)35-16-6-5-15(16)33-17(34)7-11(18(29)20(23,24)25)8-30-13-9-31-19(32-10-13)21(26,27)28/h1-4,8-10,15-16,29-30H,5-7H2,(H,33,34)/b11-8-,29-18?. The molecule has 2 aromatic rings. The molecule has 14 heteroatoms. The quantitative estimate of drug-likeness (QED) is 0.322. The fraction of sp³-hybridized carbons (Fsp3) is 0.333. The van der Waals surface area contributed by atoms with Gasteiger partial charge in [0.05, 0.1) is 24.5 Å². The van der Waals surface area contributed by atoms with Crippen molar-refractivity contribution in [2.75, 3.05) is 5.32 Å². The lowest BCUT2D eigenvalue weighted by atomic mass is 9.92. The lowest BCUT2D eigenvalue weighted by Gasteiger charge is -2.36. The molecule has 35 heavy (non-hydrogen) atoms. The molecule has 1 amide bonds. The third-order valence-electron chi connectivity index (χ3n) is 4.93. The largest absolute Gasteiger partial charge is 0.451 e. The van der Waals surface area contributed by atoms with Crippen LogP contribution in [0, 0.1) is 11.2 Å². The third kappa shape index (κ3) is 7.41. The van der Waals surface area contributed by atoms with Gasteiger partial charge in [-0.1, -0.05) is 0 Å². The molecule has 188 valence electrons. The highest BCUT2D eigenvalue weighted by molar-refractivity contribution is 8.00. The highest BCUT2D eigenvalue weighted by Gasteiger charge is 2.38. The molecule has 1 fully saturated rings. The third-order valence-corrected chi connectivity index (χ3v) is 6.34. The van der Waals surface area contributed by atoms with E-state index in [9.17, 15) is 35.5 Å². The Hall–Kier alpha value is -3.16. The number of carbonyl (C=O) groups is 1. The summed E-state index contributed by atoms with van der Waals surface area (Å²) >= 11 is 1.40. The van der Waals surface area contributed by atoms with Gasteiger partial charge in [0.1, 0.15) is 11.5 Å². The minimum absolute atomic E-state index is 0.0543. The minimum atomic E-state index is -5.05. The first-order valence-corrected chi connectivity index (χ1v) is 10.9. The summed E-state index contributed by atoms with van der Waals surface area (Å²) in [5, 5.41) is 12.3. The molecule has 1 saturated carbocycles. The van der Waals surface area contributed by atoms with Crippen LogP contribution in [0.25, 0.3) is 0 Å². The van der Waals surface area contributed by atoms with Gasteiger partial charge < -0.3 is 10.6 Å². The molecule has 2 atom stereocenters. The number of halogens is 7. The van der Waals surface area contributed by atoms with Crippen molar-refractivity contribution in [3.63, 3.8) is 0 Å². The Bertz CT molecular complexity index is 1090. The van der Waals surface area contributed by atoms with Gasteiger partial charge >= 0.3 is 12.4 Å². The zero-order chi connectivity index (χ0) is 25.8. The van der Waals surface area contributed by atoms with Crippen LogP contribution < -0.4 is 10.6 Å². The van der Waals surface area contributed by atoms with Gasteiger partial charge in [-0.15, -0.1) is 11.8 Å². The summed E-state index contributed by atoms with van der Waals surface area (Å²) in [6, 6.07) is 5.43. The smallest absolute Gasteiger partial charge is 0.359 e. The number of thioether (sulfide) groups is 1. The number of benzene rings is 1. The van der Waals surface area contributed by atoms with E-state index in [0.29, 0.717) is 25.0 Å². The van der Waals surface area contributed by atoms with E-state index in [4.69, 9.17) is 5.41 Å². The predicted octanol–water partition coefficient (Wildman–Crippen LogP) is 5.34. The van der Waals surface area contributed by atoms with Crippen LogP contribution in [0.15, 0.2) is 53.3 Å². The Morgan fingerprint density at radius 3 is 2.23 bits per heavy atom. The highest BCUT2D eigenvalue weighted by Crippen LogP contribution is 2.37. The van der Waals surface area contributed by atoms with E-state index < -0.39 is 47.6 Å². The van der Waals surface area contributed by atoms with E-state index >= 15 is 0 Å². The van der Waals surface area contributed by atoms with Gasteiger partial charge in [-0.3, -0.25) is 10.2 Å². The Morgan fingerprint density at radius 2 is 1.71 bits per heavy atom. The summed E-state index contributed by atoms with van der Waals surface area (Å²) in [6.45, 7) is 0. The number of rotatable bonds is 8. The fourth-order valence-corrected chi connectivity index (χ4v) is 4.27. The number of hydrogen-bond acceptors (Lipinski definition) is 6. The fourth-order valence-electron chi connectivity index (χ4n) is 3.01. The summed E-state index contributed by atoms with van der Waals surface area (Å²) in [5.41, 5.74) is -2.67. The number of alkyl halides is 6. The van der Waals surface area contributed by atoms with Gasteiger partial charge in [-0.2, -0.15) is 26.3 Å². The number of aromatic nitrogens is 2. The summed E-state index contributed by atoms with van der Waals surface area (Å²) < 4.78 is 90.1. The van der Waals surface area contributed by atoms with Crippen LogP contribution in [0.5, 0.6) is 0 Å². The first kappa shape index (κ1) is 26.4. The van der Waals surface area contributed by atoms with Crippen LogP contribution in [-0.4, -0.2) is 39.1 Å². The number of amides is 1. The number of hydrogen-bond donors (Lipinski definition) is 3. The Morgan fingerprint density at radius 1 is 1.09 bits per heavy atom. The molecule has 1 aliphatic carbocycles. The number of anilines is 1. The molecule has 3 N–H and O–H groups in total. The van der Waals surface area contributed by atoms with E-state index in [2.05, 4.69) is 20.6 Å². The van der Waals surface area contributed by atoms with Crippen molar-refractivity contribution >= 4 is 29.1 Å². The van der Waals surface area contributed by atoms with Crippen LogP contribution in [0.2, 0.25) is 0 Å². The van der Waals surface area contributed by atoms with Crippen molar-refractivity contribution in [2.24, 2.45) is 0 Å². The van der Waals surface area contributed by atoms with Gasteiger partial charge in [0, 0.05) is 28.0 Å². The molecule has 2 unspecified atom stereocenters. The van der Waals surface area contributed by atoms with Gasteiger partial charge in [0.15, 0.2) is 0 Å². The zero-order valence-electron chi connectivity index (χ0n) is 17.7. The molecule has 1 heterocycles. The monoisotopic (exact) mass is 521 g/mol. The SMILES string of the molecule is N=C(/C(=C\Nc1cnc(C(F)(F)F)nc1)CC(=O)NC1CCC1Sc1ccc(F)cc1)C(F)(F)F. The van der Waals surface area contributed by atoms with Gasteiger partial charge in [-0.25, -0.2) is 14.4 Å². The lowest BCUT2D eigenvalue weighted by Crippen LogP contribution is -2.49. The van der Waals surface area contributed by atoms with Crippen LogP contribution in [-0.2, 0) is 11.0 Å². The second kappa shape index (κ2) is 10.6. The van der Waals surface area contributed by atoms with Crippen LogP contribution in [0.3, 0.4) is 0 Å². The molecular formula is C21H18F7N5OS. The molecule has 6 nitrogen and oxygen atoms in total. The molecule has 0 radical (unpaired) electrons. The van der Waals surface area contributed by atoms with E-state index in [-0.39, 0.29) is 17.0 Å². The summed E-state index contributed by atoms with van der Waals surface area (Å²) in [5.74, 6) is -2.58. The number of carbonyl (C=O) groups excluding carboxylic acids is 1. The number of nitrogens with one attached hydrogen (secondary N) is 3. The maximum absolute atomic E-state index is 13.1. The minimum Gasteiger partial charge on any atom is -0.359 e. The van der Waals surface area contributed by atoms with Crippen LogP contribution in [0.1, 0.15) is 25.1 Å². The second-order valence-electron chi connectivity index (χ2n) is 7.52. The summed E-state index contributed by atoms with van der Waals surface area (Å²) in [7, 11) is 0. The predicted molar refractivity (Wildman–Crippen MR) is 114 cm³/mol. The van der Waals surface area contributed by atoms with Gasteiger partial charge in [-0.05, 0) is 37.1 Å². The van der Waals surface area contributed by atoms with E-state index in [1.807, 2.05) is 0 Å². The maximum atomic E-state index is 13.1. The molecule has 1 aliphatic rings. The molecular weight excluding hydrogens is 503 g/mol. The van der Waals surface area contributed by atoms with E-state index in [1.54, 1.807) is 12.1 Å². The maximum Gasteiger partial charge on any atom is 0.451 e. The molecule has 0 spiro atoms. The summed E-state index contributed by atoms with van der Waals surface area (Å²) in [6.07, 6.45) is -7.15. The summed E-state index contributed by atoms with van der Waals surface area (Å²) in [4.78, 5) is 19.4. The van der Waals surface area contributed by atoms with Crippen molar-refractivity contribution in [2.45, 2.75) is 47.8 Å². The topological polar surface area (TPSA) is 90.8 Å². The van der Waals surface area contributed by atoms with Crippen molar-refractivity contribution in [3.05, 3.63) is 60.1 Å². The molecule has 0 saturated heterocycles. The van der Waals surface area contributed by atoms with E-state index in [0.717, 1.165) is 11.3 Å². The Balaban J connectivity index is 1.64. The Kier molecular flexibility index (Phi) is 8.03. The molecule has 0 bridgehead atoms. The Labute approximate surface area is 198 Å². The normalized spacial score (nSPS) is 18.5. The zero-order valence-corrected chi connectivity index (χ0v) is 18.5. The van der Waals surface area contributed by atoms with Crippen molar-refractivity contribution in [3.8, 4) is 0 Å². The van der Waals surface area contributed by atoms with Gasteiger partial charge in [0.25, 0.3) is 0 Å².